The van der Waals surface area contributed by atoms with Crippen LogP contribution in [-0.2, 0) is 24.8 Å². The lowest BCUT2D eigenvalue weighted by molar-refractivity contribution is -0.114. The fourth-order valence-corrected chi connectivity index (χ4v) is 5.75. The first-order chi connectivity index (χ1) is 14.1. The van der Waals surface area contributed by atoms with Crippen molar-refractivity contribution in [3.05, 3.63) is 60.2 Å². The van der Waals surface area contributed by atoms with Crippen LogP contribution in [0.2, 0.25) is 0 Å². The van der Waals surface area contributed by atoms with Gasteiger partial charge in [0, 0.05) is 11.1 Å². The number of hydrogen-bond acceptors (Lipinski definition) is 5. The van der Waals surface area contributed by atoms with Gasteiger partial charge < -0.3 is 5.32 Å². The molecule has 1 aliphatic heterocycles. The van der Waals surface area contributed by atoms with Gasteiger partial charge in [-0.15, -0.1) is 0 Å². The van der Waals surface area contributed by atoms with Gasteiger partial charge in [0.05, 0.1) is 22.5 Å². The molecular weight excluding hydrogens is 426 g/mol. The highest BCUT2D eigenvalue weighted by Crippen LogP contribution is 2.41. The second-order valence-corrected chi connectivity index (χ2v) is 10.7. The van der Waals surface area contributed by atoms with E-state index in [-0.39, 0.29) is 4.90 Å². The van der Waals surface area contributed by atoms with Gasteiger partial charge in [0.2, 0.25) is 15.9 Å². The van der Waals surface area contributed by atoms with Crippen LogP contribution in [-0.4, -0.2) is 35.5 Å². The first-order valence-electron chi connectivity index (χ1n) is 8.99. The van der Waals surface area contributed by atoms with E-state index < -0.39 is 32.5 Å². The molecule has 3 aromatic carbocycles. The second-order valence-electron chi connectivity index (χ2n) is 7.10. The number of sulfonamides is 2. The zero-order chi connectivity index (χ0) is 21.7. The van der Waals surface area contributed by atoms with Crippen LogP contribution < -0.4 is 14.3 Å². The Morgan fingerprint density at radius 2 is 1.77 bits per heavy atom. The summed E-state index contributed by atoms with van der Waals surface area (Å²) >= 11 is 0. The Labute approximate surface area is 174 Å². The molecule has 0 saturated heterocycles. The molecule has 156 valence electrons. The molecule has 10 heteroatoms. The zero-order valence-electron chi connectivity index (χ0n) is 16.2. The smallest absolute Gasteiger partial charge is 0.265 e. The second kappa shape index (κ2) is 6.99. The summed E-state index contributed by atoms with van der Waals surface area (Å²) in [7, 11) is -7.33. The Bertz CT molecular complexity index is 1390. The summed E-state index contributed by atoms with van der Waals surface area (Å²) in [5.41, 5.74) is 1.83. The maximum absolute atomic E-state index is 13.0. The van der Waals surface area contributed by atoms with Crippen LogP contribution in [0.3, 0.4) is 0 Å². The summed E-state index contributed by atoms with van der Waals surface area (Å²) in [6, 6.07) is 15.0. The molecule has 0 aromatic heterocycles. The van der Waals surface area contributed by atoms with Gasteiger partial charge in [-0.3, -0.25) is 13.8 Å². The normalized spacial score (nSPS) is 14.7. The maximum Gasteiger partial charge on any atom is 0.265 e. The number of benzene rings is 3. The van der Waals surface area contributed by atoms with E-state index in [1.807, 2.05) is 12.1 Å². The maximum atomic E-state index is 13.0. The monoisotopic (exact) mass is 445 g/mol. The summed E-state index contributed by atoms with van der Waals surface area (Å²) in [4.78, 5) is 12.8. The molecule has 0 bridgehead atoms. The van der Waals surface area contributed by atoms with E-state index in [0.29, 0.717) is 28.0 Å². The van der Waals surface area contributed by atoms with Gasteiger partial charge in [-0.2, -0.15) is 0 Å². The number of aryl methyl sites for hydroxylation is 1. The summed E-state index contributed by atoms with van der Waals surface area (Å²) in [6.07, 6.45) is 1.04. The average Bonchev–Trinajstić information content (AvgIpc) is 2.87. The van der Waals surface area contributed by atoms with Gasteiger partial charge in [-0.25, -0.2) is 16.8 Å². The number of hydrogen-bond donors (Lipinski definition) is 2. The van der Waals surface area contributed by atoms with Crippen molar-refractivity contribution in [1.29, 1.82) is 0 Å². The molecule has 8 nitrogen and oxygen atoms in total. The predicted molar refractivity (Wildman–Crippen MR) is 117 cm³/mol. The minimum absolute atomic E-state index is 0.179. The minimum atomic E-state index is -3.84. The largest absolute Gasteiger partial charge is 0.324 e. The third-order valence-electron chi connectivity index (χ3n) is 4.79. The molecule has 30 heavy (non-hydrogen) atoms. The van der Waals surface area contributed by atoms with Gasteiger partial charge in [0.1, 0.15) is 6.54 Å². The lowest BCUT2D eigenvalue weighted by Gasteiger charge is -2.18. The number of nitrogens with one attached hydrogen (secondary N) is 2. The van der Waals surface area contributed by atoms with E-state index in [0.717, 1.165) is 15.9 Å². The fourth-order valence-electron chi connectivity index (χ4n) is 3.47. The van der Waals surface area contributed by atoms with Crippen molar-refractivity contribution < 1.29 is 21.6 Å². The van der Waals surface area contributed by atoms with Crippen molar-refractivity contribution in [3.63, 3.8) is 0 Å². The third-order valence-corrected chi connectivity index (χ3v) is 7.18. The Hall–Kier alpha value is -3.11. The number of nitrogens with zero attached hydrogens (tertiary/aromatic N) is 1. The molecule has 0 saturated carbocycles. The molecule has 3 aromatic rings. The Morgan fingerprint density at radius 3 is 2.47 bits per heavy atom. The van der Waals surface area contributed by atoms with Crippen LogP contribution in [0.4, 0.5) is 17.1 Å². The molecular formula is C20H19N3O5S2. The summed E-state index contributed by atoms with van der Waals surface area (Å²) in [6.45, 7) is 1.33. The SMILES string of the molecule is Cc1ccc(NC(=O)CN2c3cccc4cccc(c34)S2(=O)=O)cc1NS(C)(=O)=O. The van der Waals surface area contributed by atoms with E-state index in [1.165, 1.54) is 12.1 Å². The van der Waals surface area contributed by atoms with Crippen LogP contribution in [0.5, 0.6) is 0 Å². The van der Waals surface area contributed by atoms with E-state index >= 15 is 0 Å². The Kier molecular flexibility index (Phi) is 4.70. The quantitative estimate of drug-likeness (QED) is 0.627. The van der Waals surface area contributed by atoms with E-state index in [4.69, 9.17) is 0 Å². The Balaban J connectivity index is 1.60. The topological polar surface area (TPSA) is 113 Å². The number of rotatable bonds is 5. The van der Waals surface area contributed by atoms with Gasteiger partial charge in [0.15, 0.2) is 0 Å². The average molecular weight is 446 g/mol. The molecule has 4 rings (SSSR count). The number of carbonyl (C=O) groups is 1. The van der Waals surface area contributed by atoms with Gasteiger partial charge in [0.25, 0.3) is 10.0 Å². The molecule has 0 aliphatic carbocycles. The van der Waals surface area contributed by atoms with E-state index in [2.05, 4.69) is 10.0 Å². The molecule has 1 amide bonds. The van der Waals surface area contributed by atoms with Crippen LogP contribution in [0.15, 0.2) is 59.5 Å². The molecule has 1 aliphatic rings. The van der Waals surface area contributed by atoms with Crippen molar-refractivity contribution in [2.45, 2.75) is 11.8 Å². The standard InChI is InChI=1S/C20H19N3O5S2/c1-13-9-10-15(11-16(13)22-29(2,25)26)21-19(24)12-23-17-7-3-5-14-6-4-8-18(20(14)17)30(23,27)28/h3-11,22H,12H2,1-2H3,(H,21,24). The van der Waals surface area contributed by atoms with Crippen LogP contribution in [0.1, 0.15) is 5.56 Å². The summed E-state index contributed by atoms with van der Waals surface area (Å²) < 4.78 is 52.5. The number of anilines is 3. The first kappa shape index (κ1) is 20.2. The highest BCUT2D eigenvalue weighted by atomic mass is 32.2. The number of carbonyl (C=O) groups excluding carboxylic acids is 1. The molecule has 1 heterocycles. The summed E-state index contributed by atoms with van der Waals surface area (Å²) in [5.74, 6) is -0.544. The van der Waals surface area contributed by atoms with Crippen molar-refractivity contribution >= 4 is 53.8 Å². The van der Waals surface area contributed by atoms with Crippen LogP contribution >= 0.6 is 0 Å². The van der Waals surface area contributed by atoms with Gasteiger partial charge in [-0.1, -0.05) is 30.3 Å². The Morgan fingerprint density at radius 1 is 1.07 bits per heavy atom. The third kappa shape index (κ3) is 3.59. The first-order valence-corrected chi connectivity index (χ1v) is 12.3. The highest BCUT2D eigenvalue weighted by Gasteiger charge is 2.36. The van der Waals surface area contributed by atoms with Crippen molar-refractivity contribution in [2.75, 3.05) is 27.1 Å². The highest BCUT2D eigenvalue weighted by molar-refractivity contribution is 7.93. The fraction of sp³-hybridized carbons (Fsp3) is 0.150. The molecule has 2 N–H and O–H groups in total. The lowest BCUT2D eigenvalue weighted by Crippen LogP contribution is -2.35. The van der Waals surface area contributed by atoms with Crippen molar-refractivity contribution in [2.24, 2.45) is 0 Å². The van der Waals surface area contributed by atoms with Crippen molar-refractivity contribution in [1.82, 2.24) is 0 Å². The van der Waals surface area contributed by atoms with E-state index in [9.17, 15) is 21.6 Å². The van der Waals surface area contributed by atoms with Crippen LogP contribution in [0.25, 0.3) is 10.8 Å². The van der Waals surface area contributed by atoms with Gasteiger partial charge in [-0.05, 0) is 42.1 Å². The molecule has 0 fully saturated rings. The molecule has 0 spiro atoms. The molecule has 0 atom stereocenters. The predicted octanol–water partition coefficient (Wildman–Crippen LogP) is 2.67. The summed E-state index contributed by atoms with van der Waals surface area (Å²) in [5, 5.41) is 4.02. The lowest BCUT2D eigenvalue weighted by atomic mass is 10.1. The van der Waals surface area contributed by atoms with Gasteiger partial charge >= 0.3 is 0 Å². The minimum Gasteiger partial charge on any atom is -0.324 e. The number of amides is 1. The van der Waals surface area contributed by atoms with E-state index in [1.54, 1.807) is 37.3 Å². The molecule has 0 unspecified atom stereocenters. The zero-order valence-corrected chi connectivity index (χ0v) is 17.8. The van der Waals surface area contributed by atoms with Crippen LogP contribution in [0, 0.1) is 6.92 Å². The molecule has 0 radical (unpaired) electrons. The van der Waals surface area contributed by atoms with Crippen molar-refractivity contribution in [3.8, 4) is 0 Å².